The van der Waals surface area contributed by atoms with Gasteiger partial charge in [0, 0.05) is 36.6 Å². The van der Waals surface area contributed by atoms with Crippen molar-refractivity contribution in [2.24, 2.45) is 7.05 Å². The average Bonchev–Trinajstić information content (AvgIpc) is 3.16. The number of fused-ring (bicyclic) bond motifs is 1. The Balaban J connectivity index is 1.63. The Bertz CT molecular complexity index is 1070. The zero-order valence-electron chi connectivity index (χ0n) is 17.1. The summed E-state index contributed by atoms with van der Waals surface area (Å²) in [4.78, 5) is 4.48. The van der Waals surface area contributed by atoms with Gasteiger partial charge in [0.25, 0.3) is 0 Å². The molecule has 0 spiro atoms. The van der Waals surface area contributed by atoms with Gasteiger partial charge in [-0.3, -0.25) is 0 Å². The molecule has 0 N–H and O–H groups in total. The van der Waals surface area contributed by atoms with Crippen molar-refractivity contribution in [3.05, 3.63) is 77.4 Å². The minimum absolute atomic E-state index is 0.300. The molecule has 1 atom stereocenters. The summed E-state index contributed by atoms with van der Waals surface area (Å²) in [6, 6.07) is 9.44. The van der Waals surface area contributed by atoms with Crippen molar-refractivity contribution in [2.45, 2.75) is 32.3 Å². The fourth-order valence-corrected chi connectivity index (χ4v) is 3.61. The van der Waals surface area contributed by atoms with Gasteiger partial charge >= 0.3 is 0 Å². The maximum Gasteiger partial charge on any atom is 0.139 e. The lowest BCUT2D eigenvalue weighted by atomic mass is 9.95. The van der Waals surface area contributed by atoms with Crippen LogP contribution in [0.15, 0.2) is 48.8 Å². The smallest absolute Gasteiger partial charge is 0.139 e. The van der Waals surface area contributed by atoms with Crippen molar-refractivity contribution >= 4 is 11.6 Å². The molecule has 2 aromatic carbocycles. The van der Waals surface area contributed by atoms with E-state index < -0.39 is 11.6 Å². The van der Waals surface area contributed by atoms with E-state index in [1.807, 2.05) is 36.0 Å². The first-order valence-corrected chi connectivity index (χ1v) is 10.1. The van der Waals surface area contributed by atoms with Gasteiger partial charge in [-0.2, -0.15) is 0 Å². The second-order valence-corrected chi connectivity index (χ2v) is 7.39. The van der Waals surface area contributed by atoms with Crippen molar-refractivity contribution in [2.75, 3.05) is 6.61 Å². The minimum Gasteiger partial charge on any atom is -0.494 e. The molecule has 4 rings (SSSR count). The van der Waals surface area contributed by atoms with Crippen molar-refractivity contribution in [1.29, 1.82) is 0 Å². The van der Waals surface area contributed by atoms with E-state index in [1.165, 1.54) is 12.1 Å². The molecule has 1 aromatic heterocycles. The molecule has 156 valence electrons. The molecule has 0 saturated carbocycles. The second kappa shape index (κ2) is 8.69. The third-order valence-electron chi connectivity index (χ3n) is 5.15. The van der Waals surface area contributed by atoms with E-state index in [-0.39, 0.29) is 6.10 Å². The largest absolute Gasteiger partial charge is 0.494 e. The summed E-state index contributed by atoms with van der Waals surface area (Å²) in [5, 5.41) is 0. The van der Waals surface area contributed by atoms with Gasteiger partial charge in [-0.25, -0.2) is 13.8 Å². The fraction of sp³-hybridized carbons (Fsp3) is 0.292. The van der Waals surface area contributed by atoms with E-state index in [2.05, 4.69) is 18.0 Å². The zero-order valence-corrected chi connectivity index (χ0v) is 17.1. The van der Waals surface area contributed by atoms with Crippen LogP contribution in [-0.2, 0) is 13.5 Å². The molecule has 4 nitrogen and oxygen atoms in total. The Hall–Kier alpha value is -3.15. The Labute approximate surface area is 174 Å². The van der Waals surface area contributed by atoms with E-state index in [0.717, 1.165) is 40.9 Å². The van der Waals surface area contributed by atoms with Gasteiger partial charge < -0.3 is 14.0 Å². The monoisotopic (exact) mass is 410 g/mol. The van der Waals surface area contributed by atoms with Gasteiger partial charge in [0.15, 0.2) is 0 Å². The summed E-state index contributed by atoms with van der Waals surface area (Å²) >= 11 is 0. The summed E-state index contributed by atoms with van der Waals surface area (Å²) in [5.41, 5.74) is 2.31. The summed E-state index contributed by atoms with van der Waals surface area (Å²) in [7, 11) is 1.93. The highest BCUT2D eigenvalue weighted by Gasteiger charge is 2.27. The molecule has 6 heteroatoms. The third kappa shape index (κ3) is 4.22. The molecule has 1 unspecified atom stereocenters. The Morgan fingerprint density at radius 3 is 2.77 bits per heavy atom. The number of ether oxygens (including phenoxy) is 2. The third-order valence-corrected chi connectivity index (χ3v) is 5.15. The Morgan fingerprint density at radius 1 is 1.17 bits per heavy atom. The maximum atomic E-state index is 14.1. The number of aryl methyl sites for hydroxylation is 2. The van der Waals surface area contributed by atoms with Crippen LogP contribution < -0.4 is 9.47 Å². The number of rotatable bonds is 7. The lowest BCUT2D eigenvalue weighted by Crippen LogP contribution is -2.24. The topological polar surface area (TPSA) is 36.3 Å². The van der Waals surface area contributed by atoms with Gasteiger partial charge in [-0.05, 0) is 55.2 Å². The van der Waals surface area contributed by atoms with E-state index in [1.54, 1.807) is 6.20 Å². The van der Waals surface area contributed by atoms with E-state index in [9.17, 15) is 8.78 Å². The molecule has 3 aromatic rings. The van der Waals surface area contributed by atoms with Gasteiger partial charge in [0.05, 0.1) is 6.61 Å². The van der Waals surface area contributed by atoms with Crippen LogP contribution in [0.25, 0.3) is 11.6 Å². The first kappa shape index (κ1) is 20.1. The molecule has 1 aliphatic rings. The quantitative estimate of drug-likeness (QED) is 0.522. The van der Waals surface area contributed by atoms with Crippen LogP contribution in [0.4, 0.5) is 8.78 Å². The molecule has 0 aliphatic carbocycles. The SMILES string of the molecule is CCCOc1ccc2c(c1)C=C(c1nccn1C)C(CCc1ccc(F)cc1F)O2. The molecule has 2 heterocycles. The maximum absolute atomic E-state index is 14.1. The number of hydrogen-bond donors (Lipinski definition) is 0. The number of benzene rings is 2. The van der Waals surface area contributed by atoms with Crippen molar-refractivity contribution in [3.63, 3.8) is 0 Å². The van der Waals surface area contributed by atoms with Crippen molar-refractivity contribution in [3.8, 4) is 11.5 Å². The molecule has 0 fully saturated rings. The molecule has 0 radical (unpaired) electrons. The number of imidazole rings is 1. The van der Waals surface area contributed by atoms with Gasteiger partial charge in [0.2, 0.25) is 0 Å². The molecule has 0 bridgehead atoms. The lowest BCUT2D eigenvalue weighted by Gasteiger charge is -2.27. The summed E-state index contributed by atoms with van der Waals surface area (Å²) in [5.74, 6) is 1.23. The molecular formula is C24H24F2N2O2. The normalized spacial score (nSPS) is 15.3. The highest BCUT2D eigenvalue weighted by molar-refractivity contribution is 5.85. The number of hydrogen-bond acceptors (Lipinski definition) is 3. The van der Waals surface area contributed by atoms with Crippen LogP contribution >= 0.6 is 0 Å². The Kier molecular flexibility index (Phi) is 5.84. The lowest BCUT2D eigenvalue weighted by molar-refractivity contribution is 0.242. The minimum atomic E-state index is -0.575. The number of nitrogens with zero attached hydrogens (tertiary/aromatic N) is 2. The number of halogens is 2. The fourth-order valence-electron chi connectivity index (χ4n) is 3.61. The highest BCUT2D eigenvalue weighted by Crippen LogP contribution is 2.37. The van der Waals surface area contributed by atoms with Crippen LogP contribution in [0.1, 0.15) is 36.7 Å². The summed E-state index contributed by atoms with van der Waals surface area (Å²) in [6.45, 7) is 2.72. The second-order valence-electron chi connectivity index (χ2n) is 7.39. The Morgan fingerprint density at radius 2 is 2.03 bits per heavy atom. The van der Waals surface area contributed by atoms with Crippen LogP contribution in [0.3, 0.4) is 0 Å². The molecule has 0 saturated heterocycles. The predicted octanol–water partition coefficient (Wildman–Crippen LogP) is 5.42. The zero-order chi connectivity index (χ0) is 21.1. The summed E-state index contributed by atoms with van der Waals surface area (Å²) in [6.07, 6.45) is 7.27. The number of aromatic nitrogens is 2. The van der Waals surface area contributed by atoms with Gasteiger partial charge in [-0.1, -0.05) is 13.0 Å². The van der Waals surface area contributed by atoms with Crippen LogP contribution in [0.5, 0.6) is 11.5 Å². The van der Waals surface area contributed by atoms with E-state index >= 15 is 0 Å². The summed E-state index contributed by atoms with van der Waals surface area (Å²) < 4.78 is 41.3. The van der Waals surface area contributed by atoms with E-state index in [0.29, 0.717) is 25.0 Å². The standard InChI is InChI=1S/C24H24F2N2O2/c1-3-12-29-19-7-9-22-17(13-19)14-20(24-27-10-11-28(24)2)23(30-22)8-5-16-4-6-18(25)15-21(16)26/h4,6-7,9-11,13-15,23H,3,5,8,12H2,1-2H3. The highest BCUT2D eigenvalue weighted by atomic mass is 19.1. The first-order valence-electron chi connectivity index (χ1n) is 10.1. The van der Waals surface area contributed by atoms with Crippen LogP contribution in [0, 0.1) is 11.6 Å². The molecule has 0 amide bonds. The van der Waals surface area contributed by atoms with Crippen LogP contribution in [0.2, 0.25) is 0 Å². The predicted molar refractivity (Wildman–Crippen MR) is 112 cm³/mol. The van der Waals surface area contributed by atoms with Crippen molar-refractivity contribution < 1.29 is 18.3 Å². The van der Waals surface area contributed by atoms with Gasteiger partial charge in [-0.15, -0.1) is 0 Å². The molecular weight excluding hydrogens is 386 g/mol. The molecule has 30 heavy (non-hydrogen) atoms. The van der Waals surface area contributed by atoms with Crippen molar-refractivity contribution in [1.82, 2.24) is 9.55 Å². The van der Waals surface area contributed by atoms with Crippen LogP contribution in [-0.4, -0.2) is 22.3 Å². The average molecular weight is 410 g/mol. The van der Waals surface area contributed by atoms with Gasteiger partial charge in [0.1, 0.15) is 35.1 Å². The molecule has 1 aliphatic heterocycles. The first-order chi connectivity index (χ1) is 14.5. The van der Waals surface area contributed by atoms with E-state index in [4.69, 9.17) is 9.47 Å².